The highest BCUT2D eigenvalue weighted by Gasteiger charge is 2.50. The van der Waals surface area contributed by atoms with E-state index < -0.39 is 34.9 Å². The molecule has 0 radical (unpaired) electrons. The van der Waals surface area contributed by atoms with Crippen LogP contribution in [0.3, 0.4) is 0 Å². The third kappa shape index (κ3) is 2.90. The molecule has 0 aliphatic heterocycles. The van der Waals surface area contributed by atoms with E-state index in [-0.39, 0.29) is 48.9 Å². The van der Waals surface area contributed by atoms with Gasteiger partial charge in [0.15, 0.2) is 17.3 Å². The zero-order valence-corrected chi connectivity index (χ0v) is 17.2. The number of hydrogen-bond acceptors (Lipinski definition) is 7. The van der Waals surface area contributed by atoms with Crippen molar-refractivity contribution in [2.45, 2.75) is 26.2 Å². The highest BCUT2D eigenvalue weighted by Crippen LogP contribution is 2.51. The third-order valence-electron chi connectivity index (χ3n) is 6.66. The average molecular weight is 442 g/mol. The van der Waals surface area contributed by atoms with Crippen molar-refractivity contribution in [2.75, 3.05) is 0 Å². The summed E-state index contributed by atoms with van der Waals surface area (Å²) in [6.45, 7) is 1.18. The average Bonchev–Trinajstić information content (AvgIpc) is 3.21. The van der Waals surface area contributed by atoms with Gasteiger partial charge in [-0.05, 0) is 61.4 Å². The van der Waals surface area contributed by atoms with Crippen LogP contribution in [0.25, 0.3) is 17.1 Å². The summed E-state index contributed by atoms with van der Waals surface area (Å²) in [5, 5.41) is 32.2. The first kappa shape index (κ1) is 21.6. The van der Waals surface area contributed by atoms with Crippen LogP contribution in [0.2, 0.25) is 0 Å². The van der Waals surface area contributed by atoms with Crippen LogP contribution < -0.4 is 0 Å². The van der Waals surface area contributed by atoms with Crippen LogP contribution in [0.1, 0.15) is 33.7 Å². The van der Waals surface area contributed by atoms with Crippen molar-refractivity contribution in [1.29, 1.82) is 0 Å². The fourth-order valence-corrected chi connectivity index (χ4v) is 5.42. The number of Topliss-reactive ketones (excluding diaryl/α,β-unsaturated/α-hetero) is 3. The number of ketones is 3. The van der Waals surface area contributed by atoms with Crippen LogP contribution in [0.15, 0.2) is 51.9 Å². The van der Waals surface area contributed by atoms with Crippen molar-refractivity contribution in [3.05, 3.63) is 58.6 Å². The molecule has 1 saturated carbocycles. The van der Waals surface area contributed by atoms with Crippen molar-refractivity contribution in [1.82, 2.24) is 0 Å². The van der Waals surface area contributed by atoms with Crippen LogP contribution in [0, 0.1) is 17.8 Å². The smallest absolute Gasteiger partial charge is 0.173 e. The Kier molecular flexibility index (Phi) is 5.05. The Labute approximate surface area is 185 Å². The fraction of sp³-hybridized carbons (Fsp3) is 0.292. The molecule has 8 heteroatoms. The summed E-state index contributed by atoms with van der Waals surface area (Å²) in [4.78, 5) is 37.7. The third-order valence-corrected chi connectivity index (χ3v) is 6.66. The lowest BCUT2D eigenvalue weighted by Crippen LogP contribution is -2.43. The maximum Gasteiger partial charge on any atom is 0.173 e. The molecular formula is C24H26O8. The number of aliphatic hydroxyl groups is 2. The van der Waals surface area contributed by atoms with Crippen molar-refractivity contribution in [2.24, 2.45) is 17.8 Å². The predicted octanol–water partition coefficient (Wildman–Crippen LogP) is 3.34. The molecule has 0 spiro atoms. The molecule has 1 aromatic heterocycles. The van der Waals surface area contributed by atoms with Gasteiger partial charge in [0.05, 0.1) is 23.3 Å². The van der Waals surface area contributed by atoms with Crippen LogP contribution >= 0.6 is 0 Å². The number of aliphatic hydroxyl groups excluding tert-OH is 2. The number of aromatic hydroxyl groups is 1. The van der Waals surface area contributed by atoms with E-state index in [1.807, 2.05) is 0 Å². The summed E-state index contributed by atoms with van der Waals surface area (Å²) in [7, 11) is 0. The Morgan fingerprint density at radius 1 is 1.12 bits per heavy atom. The van der Waals surface area contributed by atoms with Crippen molar-refractivity contribution in [3.8, 4) is 17.1 Å². The lowest BCUT2D eigenvalue weighted by molar-refractivity contribution is -0.127. The first-order valence-electron chi connectivity index (χ1n) is 10.1. The minimum atomic E-state index is -1.04. The Balaban J connectivity index is 0.00000136. The molecule has 170 valence electrons. The van der Waals surface area contributed by atoms with Crippen molar-refractivity contribution >= 4 is 23.1 Å². The molecule has 0 bridgehead atoms. The Bertz CT molecular complexity index is 1230. The van der Waals surface area contributed by atoms with Gasteiger partial charge < -0.3 is 25.2 Å². The minimum Gasteiger partial charge on any atom is -0.511 e. The number of furan rings is 1. The van der Waals surface area contributed by atoms with Crippen molar-refractivity contribution in [3.63, 3.8) is 0 Å². The summed E-state index contributed by atoms with van der Waals surface area (Å²) in [6, 6.07) is 6.66. The Hall–Kier alpha value is -3.65. The van der Waals surface area contributed by atoms with Gasteiger partial charge >= 0.3 is 0 Å². The van der Waals surface area contributed by atoms with Crippen LogP contribution in [-0.2, 0) is 20.8 Å². The first-order chi connectivity index (χ1) is 14.8. The van der Waals surface area contributed by atoms with Gasteiger partial charge in [-0.1, -0.05) is 0 Å². The van der Waals surface area contributed by atoms with Crippen LogP contribution in [0.5, 0.6) is 5.75 Å². The predicted molar refractivity (Wildman–Crippen MR) is 117 cm³/mol. The van der Waals surface area contributed by atoms with Crippen molar-refractivity contribution < 1.29 is 42.4 Å². The first-order valence-corrected chi connectivity index (χ1v) is 10.1. The number of rotatable bonds is 2. The molecule has 0 saturated heterocycles. The summed E-state index contributed by atoms with van der Waals surface area (Å²) in [5.41, 5.74) is 1.35. The fourth-order valence-electron chi connectivity index (χ4n) is 5.42. The van der Waals surface area contributed by atoms with Gasteiger partial charge in [0.1, 0.15) is 23.0 Å². The number of carbonyl (C=O) groups is 3. The normalized spacial score (nSPS) is 24.5. The van der Waals surface area contributed by atoms with E-state index in [9.17, 15) is 29.7 Å². The van der Waals surface area contributed by atoms with Gasteiger partial charge in [-0.2, -0.15) is 0 Å². The standard InChI is InChI=1S/C24H20O7.H2O.2H2/c1-10(25)18-16(27)9-12-7-11-8-14-13(17-3-2-6-31-17)4-5-15(26)21(14)24(30)19(11)23(29)20(12)22(18)28;;;/h2-6,11-12,20,26,28,30H,7-9H2,1H3;1H2;2*1H. The van der Waals surface area contributed by atoms with Gasteiger partial charge in [-0.25, -0.2) is 0 Å². The Morgan fingerprint density at radius 2 is 1.88 bits per heavy atom. The lowest BCUT2D eigenvalue weighted by atomic mass is 9.61. The van der Waals surface area contributed by atoms with E-state index >= 15 is 0 Å². The monoisotopic (exact) mass is 442 g/mol. The summed E-state index contributed by atoms with van der Waals surface area (Å²) >= 11 is 0. The van der Waals surface area contributed by atoms with E-state index in [0.29, 0.717) is 29.7 Å². The molecule has 2 aromatic rings. The molecule has 8 nitrogen and oxygen atoms in total. The molecule has 3 aliphatic carbocycles. The topological polar surface area (TPSA) is 157 Å². The number of fused-ring (bicyclic) bond motifs is 3. The summed E-state index contributed by atoms with van der Waals surface area (Å²) in [6.07, 6.45) is 2.29. The molecule has 5 rings (SSSR count). The summed E-state index contributed by atoms with van der Waals surface area (Å²) < 4.78 is 5.50. The zero-order valence-electron chi connectivity index (χ0n) is 17.2. The molecule has 5 N–H and O–H groups in total. The highest BCUT2D eigenvalue weighted by atomic mass is 16.3. The molecule has 3 aliphatic rings. The van der Waals surface area contributed by atoms with E-state index in [1.165, 1.54) is 19.3 Å². The second kappa shape index (κ2) is 7.49. The minimum absolute atomic E-state index is 0. The largest absolute Gasteiger partial charge is 0.511 e. The maximum atomic E-state index is 13.4. The lowest BCUT2D eigenvalue weighted by Gasteiger charge is -2.41. The molecule has 32 heavy (non-hydrogen) atoms. The number of phenols is 1. The molecule has 1 fully saturated rings. The van der Waals surface area contributed by atoms with Gasteiger partial charge in [0.2, 0.25) is 0 Å². The van der Waals surface area contributed by atoms with E-state index in [0.717, 1.165) is 0 Å². The van der Waals surface area contributed by atoms with Gasteiger partial charge in [0.25, 0.3) is 0 Å². The molecular weight excluding hydrogens is 416 g/mol. The zero-order chi connectivity index (χ0) is 22.0. The van der Waals surface area contributed by atoms with E-state index in [1.54, 1.807) is 18.2 Å². The summed E-state index contributed by atoms with van der Waals surface area (Å²) in [5.74, 6) is -3.82. The van der Waals surface area contributed by atoms with Crippen LogP contribution in [0.4, 0.5) is 0 Å². The quantitative estimate of drug-likeness (QED) is 0.602. The number of phenolic OH excluding ortho intramolecular Hbond substituents is 1. The van der Waals surface area contributed by atoms with Gasteiger partial charge in [0, 0.05) is 20.4 Å². The molecule has 3 atom stereocenters. The second-order valence-electron chi connectivity index (χ2n) is 8.41. The second-order valence-corrected chi connectivity index (χ2v) is 8.41. The van der Waals surface area contributed by atoms with Gasteiger partial charge in [-0.3, -0.25) is 14.4 Å². The number of allylic oxidation sites excluding steroid dienone is 3. The molecule has 0 amide bonds. The SMILES string of the molecule is CC(=O)C1=C(O)C2C(=O)C3=C(O)c4c(O)ccc(-c5ccco5)c4CC3CC2CC1=O.O.[HH].[HH]. The molecule has 1 aromatic carbocycles. The number of hydrogen-bond donors (Lipinski definition) is 3. The number of benzene rings is 1. The number of carbonyl (C=O) groups excluding carboxylic acids is 3. The molecule has 1 heterocycles. The highest BCUT2D eigenvalue weighted by molar-refractivity contribution is 6.22. The van der Waals surface area contributed by atoms with E-state index in [4.69, 9.17) is 4.42 Å². The van der Waals surface area contributed by atoms with Gasteiger partial charge in [-0.15, -0.1) is 0 Å². The Morgan fingerprint density at radius 3 is 2.53 bits per heavy atom. The van der Waals surface area contributed by atoms with Crippen LogP contribution in [-0.4, -0.2) is 38.1 Å². The maximum absolute atomic E-state index is 13.4. The molecule has 3 unspecified atom stereocenters. The van der Waals surface area contributed by atoms with E-state index in [2.05, 4.69) is 0 Å².